The van der Waals surface area contributed by atoms with Crippen LogP contribution in [0.15, 0.2) is 33.6 Å². The van der Waals surface area contributed by atoms with Gasteiger partial charge in [0.1, 0.15) is 5.69 Å². The van der Waals surface area contributed by atoms with E-state index in [4.69, 9.17) is 5.11 Å². The first-order valence-corrected chi connectivity index (χ1v) is 6.53. The first-order valence-electron chi connectivity index (χ1n) is 4.79. The monoisotopic (exact) mass is 326 g/mol. The number of aromatic nitrogens is 1. The zero-order valence-electron chi connectivity index (χ0n) is 8.88. The molecular formula is C11H7BrN2O3S. The van der Waals surface area contributed by atoms with E-state index in [1.807, 2.05) is 0 Å². The van der Waals surface area contributed by atoms with Gasteiger partial charge in [-0.25, -0.2) is 9.78 Å². The quantitative estimate of drug-likeness (QED) is 0.908. The maximum atomic E-state index is 11.7. The molecule has 1 heterocycles. The summed E-state index contributed by atoms with van der Waals surface area (Å²) in [5.74, 6) is -1.42. The van der Waals surface area contributed by atoms with Crippen LogP contribution in [-0.2, 0) is 0 Å². The normalized spacial score (nSPS) is 10.1. The number of rotatable bonds is 3. The van der Waals surface area contributed by atoms with E-state index in [9.17, 15) is 9.59 Å². The molecule has 0 fully saturated rings. The highest BCUT2D eigenvalue weighted by Crippen LogP contribution is 2.20. The zero-order chi connectivity index (χ0) is 13.1. The Bertz CT molecular complexity index is 598. The third kappa shape index (κ3) is 2.93. The fourth-order valence-corrected chi connectivity index (χ4v) is 2.33. The summed E-state index contributed by atoms with van der Waals surface area (Å²) in [6.45, 7) is 0. The van der Waals surface area contributed by atoms with Crippen LogP contribution in [0.25, 0.3) is 0 Å². The van der Waals surface area contributed by atoms with E-state index < -0.39 is 5.97 Å². The van der Waals surface area contributed by atoms with Crippen LogP contribution >= 0.6 is 27.3 Å². The fourth-order valence-electron chi connectivity index (χ4n) is 1.31. The lowest BCUT2D eigenvalue weighted by atomic mass is 10.2. The molecule has 2 rings (SSSR count). The number of aromatic carboxylic acids is 1. The second-order valence-electron chi connectivity index (χ2n) is 3.36. The summed E-state index contributed by atoms with van der Waals surface area (Å²) < 4.78 is 0.580. The number of carbonyl (C=O) groups is 2. The number of thiazole rings is 1. The SMILES string of the molecule is O=C(O)c1cc(Br)cc(NC(=O)c2cscn2)c1. The predicted molar refractivity (Wildman–Crippen MR) is 71.2 cm³/mol. The predicted octanol–water partition coefficient (Wildman–Crippen LogP) is 2.86. The first-order chi connectivity index (χ1) is 8.56. The van der Waals surface area contributed by atoms with E-state index >= 15 is 0 Å². The molecule has 0 aliphatic heterocycles. The van der Waals surface area contributed by atoms with Gasteiger partial charge < -0.3 is 10.4 Å². The molecule has 0 saturated carbocycles. The Hall–Kier alpha value is -1.73. The van der Waals surface area contributed by atoms with Gasteiger partial charge in [0.15, 0.2) is 0 Å². The van der Waals surface area contributed by atoms with Gasteiger partial charge in [-0.1, -0.05) is 15.9 Å². The maximum Gasteiger partial charge on any atom is 0.335 e. The number of anilines is 1. The lowest BCUT2D eigenvalue weighted by Gasteiger charge is -2.05. The number of carbonyl (C=O) groups excluding carboxylic acids is 1. The number of carboxylic acids is 1. The molecule has 0 aliphatic rings. The molecule has 0 radical (unpaired) electrons. The lowest BCUT2D eigenvalue weighted by molar-refractivity contribution is 0.0696. The number of carboxylic acid groups (broad SMARTS) is 1. The van der Waals surface area contributed by atoms with Crippen LogP contribution in [0.3, 0.4) is 0 Å². The average Bonchev–Trinajstić information content (AvgIpc) is 2.81. The van der Waals surface area contributed by atoms with E-state index in [0.717, 1.165) is 0 Å². The van der Waals surface area contributed by atoms with Crippen molar-refractivity contribution in [2.24, 2.45) is 0 Å². The molecule has 2 aromatic rings. The van der Waals surface area contributed by atoms with Crippen LogP contribution in [0, 0.1) is 0 Å². The highest BCUT2D eigenvalue weighted by molar-refractivity contribution is 9.10. The molecule has 0 bridgehead atoms. The van der Waals surface area contributed by atoms with Crippen molar-refractivity contribution in [3.05, 3.63) is 44.8 Å². The molecule has 0 aliphatic carbocycles. The van der Waals surface area contributed by atoms with Crippen LogP contribution in [-0.4, -0.2) is 22.0 Å². The van der Waals surface area contributed by atoms with E-state index in [0.29, 0.717) is 15.9 Å². The molecule has 7 heteroatoms. The minimum atomic E-state index is -1.06. The second kappa shape index (κ2) is 5.28. The summed E-state index contributed by atoms with van der Waals surface area (Å²) in [7, 11) is 0. The molecule has 0 atom stereocenters. The summed E-state index contributed by atoms with van der Waals surface area (Å²) in [5, 5.41) is 13.1. The second-order valence-corrected chi connectivity index (χ2v) is 5.00. The molecule has 0 spiro atoms. The van der Waals surface area contributed by atoms with E-state index in [2.05, 4.69) is 26.2 Å². The Morgan fingerprint density at radius 1 is 1.33 bits per heavy atom. The van der Waals surface area contributed by atoms with Crippen LogP contribution in [0.4, 0.5) is 5.69 Å². The van der Waals surface area contributed by atoms with Crippen LogP contribution in [0.1, 0.15) is 20.8 Å². The molecule has 5 nitrogen and oxygen atoms in total. The Kier molecular flexibility index (Phi) is 3.73. The number of hydrogen-bond donors (Lipinski definition) is 2. The molecular weight excluding hydrogens is 320 g/mol. The summed E-state index contributed by atoms with van der Waals surface area (Å²) >= 11 is 4.51. The minimum absolute atomic E-state index is 0.0953. The van der Waals surface area contributed by atoms with Gasteiger partial charge in [0.05, 0.1) is 11.1 Å². The number of benzene rings is 1. The third-order valence-corrected chi connectivity index (χ3v) is 3.11. The van der Waals surface area contributed by atoms with Gasteiger partial charge in [-0.3, -0.25) is 4.79 Å². The lowest BCUT2D eigenvalue weighted by Crippen LogP contribution is -2.12. The van der Waals surface area contributed by atoms with Crippen molar-refractivity contribution in [3.63, 3.8) is 0 Å². The fraction of sp³-hybridized carbons (Fsp3) is 0. The Labute approximate surface area is 115 Å². The molecule has 92 valence electrons. The standard InChI is InChI=1S/C11H7BrN2O3S/c12-7-1-6(11(16)17)2-8(3-7)14-10(15)9-4-18-5-13-9/h1-5H,(H,14,15)(H,16,17). The molecule has 2 N–H and O–H groups in total. The Morgan fingerprint density at radius 3 is 2.72 bits per heavy atom. The summed E-state index contributed by atoms with van der Waals surface area (Å²) in [6.07, 6.45) is 0. The van der Waals surface area contributed by atoms with E-state index in [-0.39, 0.29) is 11.5 Å². The third-order valence-electron chi connectivity index (χ3n) is 2.07. The van der Waals surface area contributed by atoms with Crippen molar-refractivity contribution in [1.29, 1.82) is 0 Å². The molecule has 1 aromatic carbocycles. The van der Waals surface area contributed by atoms with Gasteiger partial charge in [-0.15, -0.1) is 11.3 Å². The summed E-state index contributed by atoms with van der Waals surface area (Å²) in [5.41, 5.74) is 2.35. The van der Waals surface area contributed by atoms with Crippen LogP contribution in [0.2, 0.25) is 0 Å². The van der Waals surface area contributed by atoms with Crippen molar-refractivity contribution < 1.29 is 14.7 Å². The molecule has 0 unspecified atom stereocenters. The smallest absolute Gasteiger partial charge is 0.335 e. The van der Waals surface area contributed by atoms with Gasteiger partial charge in [0.25, 0.3) is 5.91 Å². The minimum Gasteiger partial charge on any atom is -0.478 e. The van der Waals surface area contributed by atoms with E-state index in [1.54, 1.807) is 17.0 Å². The van der Waals surface area contributed by atoms with Gasteiger partial charge in [0.2, 0.25) is 0 Å². The highest BCUT2D eigenvalue weighted by Gasteiger charge is 2.11. The summed E-state index contributed by atoms with van der Waals surface area (Å²) in [4.78, 5) is 26.5. The number of amides is 1. The highest BCUT2D eigenvalue weighted by atomic mass is 79.9. The van der Waals surface area contributed by atoms with Gasteiger partial charge in [-0.2, -0.15) is 0 Å². The molecule has 0 saturated heterocycles. The number of nitrogens with zero attached hydrogens (tertiary/aromatic N) is 1. The topological polar surface area (TPSA) is 79.3 Å². The van der Waals surface area contributed by atoms with Crippen LogP contribution < -0.4 is 5.32 Å². The Balaban J connectivity index is 2.24. The van der Waals surface area contributed by atoms with Crippen molar-refractivity contribution in [1.82, 2.24) is 4.98 Å². The van der Waals surface area contributed by atoms with Crippen molar-refractivity contribution in [2.45, 2.75) is 0 Å². The first kappa shape index (κ1) is 12.7. The van der Waals surface area contributed by atoms with Crippen molar-refractivity contribution >= 4 is 44.8 Å². The number of hydrogen-bond acceptors (Lipinski definition) is 4. The van der Waals surface area contributed by atoms with Gasteiger partial charge in [0, 0.05) is 15.5 Å². The zero-order valence-corrected chi connectivity index (χ0v) is 11.3. The van der Waals surface area contributed by atoms with Gasteiger partial charge >= 0.3 is 5.97 Å². The molecule has 1 aromatic heterocycles. The molecule has 1 amide bonds. The van der Waals surface area contributed by atoms with Crippen LogP contribution in [0.5, 0.6) is 0 Å². The Morgan fingerprint density at radius 2 is 2.11 bits per heavy atom. The maximum absolute atomic E-state index is 11.7. The van der Waals surface area contributed by atoms with Crippen molar-refractivity contribution in [2.75, 3.05) is 5.32 Å². The summed E-state index contributed by atoms with van der Waals surface area (Å²) in [6, 6.07) is 4.47. The van der Waals surface area contributed by atoms with E-state index in [1.165, 1.54) is 23.5 Å². The largest absolute Gasteiger partial charge is 0.478 e. The number of nitrogens with one attached hydrogen (secondary N) is 1. The molecule has 18 heavy (non-hydrogen) atoms. The number of halogens is 1. The average molecular weight is 327 g/mol. The van der Waals surface area contributed by atoms with Gasteiger partial charge in [-0.05, 0) is 18.2 Å². The van der Waals surface area contributed by atoms with Crippen molar-refractivity contribution in [3.8, 4) is 0 Å².